The second-order valence-corrected chi connectivity index (χ2v) is 8.25. The van der Waals surface area contributed by atoms with Gasteiger partial charge in [0.1, 0.15) is 18.0 Å². The van der Waals surface area contributed by atoms with Crippen LogP contribution >= 0.6 is 0 Å². The molecule has 172 valence electrons. The first-order valence-corrected chi connectivity index (χ1v) is 11.6. The molecule has 3 heterocycles. The van der Waals surface area contributed by atoms with Crippen LogP contribution in [-0.2, 0) is 9.53 Å². The van der Waals surface area contributed by atoms with Crippen molar-refractivity contribution in [2.24, 2.45) is 5.92 Å². The van der Waals surface area contributed by atoms with Gasteiger partial charge in [-0.3, -0.25) is 4.79 Å². The van der Waals surface area contributed by atoms with Crippen LogP contribution in [0.2, 0.25) is 0 Å². The largest absolute Gasteiger partial charge is 0.450 e. The Morgan fingerprint density at radius 3 is 2.65 bits per heavy atom. The molecule has 2 fully saturated rings. The normalized spacial score (nSPS) is 19.3. The van der Waals surface area contributed by atoms with Crippen LogP contribution in [0.3, 0.4) is 0 Å². The minimum absolute atomic E-state index is 0.189. The molecule has 31 heavy (non-hydrogen) atoms. The highest BCUT2D eigenvalue weighted by atomic mass is 16.6. The van der Waals surface area contributed by atoms with Crippen LogP contribution in [-0.4, -0.2) is 84.2 Å². The number of nitrogens with one attached hydrogen (secondary N) is 1. The van der Waals surface area contributed by atoms with Crippen molar-refractivity contribution in [3.63, 3.8) is 0 Å². The zero-order chi connectivity index (χ0) is 22.1. The molecule has 1 aromatic heterocycles. The summed E-state index contributed by atoms with van der Waals surface area (Å²) in [7, 11) is 0. The summed E-state index contributed by atoms with van der Waals surface area (Å²) in [6.45, 7) is 9.39. The molecule has 2 aliphatic heterocycles. The molecule has 0 bridgehead atoms. The van der Waals surface area contributed by atoms with Crippen molar-refractivity contribution in [2.75, 3.05) is 62.6 Å². The zero-order valence-corrected chi connectivity index (χ0v) is 18.9. The average Bonchev–Trinajstić information content (AvgIpc) is 2.82. The molecular formula is C22H36N6O3. The van der Waals surface area contributed by atoms with Crippen LogP contribution < -0.4 is 10.2 Å². The van der Waals surface area contributed by atoms with Gasteiger partial charge in [-0.2, -0.15) is 0 Å². The second kappa shape index (κ2) is 11.7. The van der Waals surface area contributed by atoms with Gasteiger partial charge in [-0.1, -0.05) is 6.92 Å². The Morgan fingerprint density at radius 1 is 1.13 bits per heavy atom. The number of hydrogen-bond acceptors (Lipinski definition) is 7. The topological polar surface area (TPSA) is 90.9 Å². The zero-order valence-electron chi connectivity index (χ0n) is 18.9. The molecule has 2 aliphatic rings. The minimum atomic E-state index is -0.283. The number of amides is 2. The third-order valence-electron chi connectivity index (χ3n) is 5.98. The summed E-state index contributed by atoms with van der Waals surface area (Å²) >= 11 is 0. The maximum absolute atomic E-state index is 12.7. The lowest BCUT2D eigenvalue weighted by Crippen LogP contribution is -2.50. The van der Waals surface area contributed by atoms with Gasteiger partial charge < -0.3 is 24.8 Å². The molecular weight excluding hydrogens is 396 g/mol. The summed E-state index contributed by atoms with van der Waals surface area (Å²) in [5.74, 6) is 2.50. The lowest BCUT2D eigenvalue weighted by atomic mass is 9.93. The fourth-order valence-corrected chi connectivity index (χ4v) is 4.22. The monoisotopic (exact) mass is 432 g/mol. The minimum Gasteiger partial charge on any atom is -0.450 e. The molecule has 9 heteroatoms. The third kappa shape index (κ3) is 6.70. The van der Waals surface area contributed by atoms with Gasteiger partial charge in [0.15, 0.2) is 0 Å². The number of aromatic nitrogens is 2. The molecule has 1 N–H and O–H groups in total. The molecule has 0 unspecified atom stereocenters. The summed E-state index contributed by atoms with van der Waals surface area (Å²) in [6, 6.07) is 2.02. The first-order chi connectivity index (χ1) is 15.1. The molecule has 1 aromatic rings. The molecule has 2 saturated heterocycles. The highest BCUT2D eigenvalue weighted by Crippen LogP contribution is 2.26. The smallest absolute Gasteiger partial charge is 0.409 e. The molecule has 3 rings (SSSR count). The lowest BCUT2D eigenvalue weighted by molar-refractivity contribution is -0.133. The van der Waals surface area contributed by atoms with Crippen molar-refractivity contribution in [3.05, 3.63) is 12.4 Å². The average molecular weight is 433 g/mol. The summed E-state index contributed by atoms with van der Waals surface area (Å²) < 4.78 is 5.04. The fourth-order valence-electron chi connectivity index (χ4n) is 4.22. The molecule has 0 spiro atoms. The van der Waals surface area contributed by atoms with Gasteiger partial charge in [-0.15, -0.1) is 0 Å². The van der Waals surface area contributed by atoms with E-state index in [4.69, 9.17) is 4.74 Å². The van der Waals surface area contributed by atoms with Crippen LogP contribution in [0, 0.1) is 5.92 Å². The van der Waals surface area contributed by atoms with E-state index in [9.17, 15) is 9.59 Å². The fraction of sp³-hybridized carbons (Fsp3) is 0.727. The van der Waals surface area contributed by atoms with E-state index in [-0.39, 0.29) is 12.0 Å². The van der Waals surface area contributed by atoms with Gasteiger partial charge in [0.05, 0.1) is 6.61 Å². The Labute approximate surface area is 185 Å². The predicted octanol–water partition coefficient (Wildman–Crippen LogP) is 2.60. The van der Waals surface area contributed by atoms with Crippen molar-refractivity contribution in [1.82, 2.24) is 19.8 Å². The second-order valence-electron chi connectivity index (χ2n) is 8.25. The number of nitrogens with zero attached hydrogens (tertiary/aromatic N) is 5. The van der Waals surface area contributed by atoms with E-state index in [1.165, 1.54) is 0 Å². The molecule has 9 nitrogen and oxygen atoms in total. The van der Waals surface area contributed by atoms with Crippen LogP contribution in [0.5, 0.6) is 0 Å². The highest BCUT2D eigenvalue weighted by molar-refractivity contribution is 5.76. The number of hydrogen-bond donors (Lipinski definition) is 1. The van der Waals surface area contributed by atoms with Gasteiger partial charge in [0.2, 0.25) is 5.91 Å². The van der Waals surface area contributed by atoms with E-state index < -0.39 is 0 Å². The van der Waals surface area contributed by atoms with Crippen LogP contribution in [0.4, 0.5) is 16.4 Å². The van der Waals surface area contributed by atoms with Crippen molar-refractivity contribution >= 4 is 23.6 Å². The van der Waals surface area contributed by atoms with Crippen LogP contribution in [0.1, 0.15) is 46.0 Å². The van der Waals surface area contributed by atoms with Gasteiger partial charge in [-0.25, -0.2) is 14.8 Å². The van der Waals surface area contributed by atoms with Crippen molar-refractivity contribution < 1.29 is 14.3 Å². The van der Waals surface area contributed by atoms with E-state index >= 15 is 0 Å². The van der Waals surface area contributed by atoms with Crippen LogP contribution in [0.25, 0.3) is 0 Å². The number of piperazine rings is 1. The number of ether oxygens (including phenoxy) is 1. The first-order valence-electron chi connectivity index (χ1n) is 11.6. The van der Waals surface area contributed by atoms with E-state index in [0.717, 1.165) is 57.0 Å². The van der Waals surface area contributed by atoms with E-state index in [2.05, 4.69) is 27.1 Å². The Balaban J connectivity index is 1.44. The Bertz CT molecular complexity index is 723. The highest BCUT2D eigenvalue weighted by Gasteiger charge is 2.26. The summed E-state index contributed by atoms with van der Waals surface area (Å²) in [6.07, 6.45) is 6.10. The molecule has 0 aliphatic carbocycles. The number of carbonyl (C=O) groups excluding carboxylic acids is 2. The summed E-state index contributed by atoms with van der Waals surface area (Å²) in [5.41, 5.74) is 0. The molecule has 0 saturated carbocycles. The Kier molecular flexibility index (Phi) is 8.73. The van der Waals surface area contributed by atoms with Crippen molar-refractivity contribution in [2.45, 2.75) is 46.0 Å². The van der Waals surface area contributed by atoms with E-state index in [1.54, 1.807) is 18.2 Å². The third-order valence-corrected chi connectivity index (χ3v) is 5.98. The number of rotatable bonds is 8. The summed E-state index contributed by atoms with van der Waals surface area (Å²) in [4.78, 5) is 39.1. The number of piperidine rings is 1. The van der Waals surface area contributed by atoms with E-state index in [1.807, 2.05) is 11.0 Å². The molecule has 2 amide bonds. The van der Waals surface area contributed by atoms with Crippen molar-refractivity contribution in [3.8, 4) is 0 Å². The van der Waals surface area contributed by atoms with Gasteiger partial charge in [-0.05, 0) is 38.5 Å². The first kappa shape index (κ1) is 23.1. The Morgan fingerprint density at radius 2 is 1.90 bits per heavy atom. The van der Waals surface area contributed by atoms with Crippen LogP contribution in [0.15, 0.2) is 12.4 Å². The molecule has 0 aromatic carbocycles. The quantitative estimate of drug-likeness (QED) is 0.675. The van der Waals surface area contributed by atoms with Gasteiger partial charge in [0.25, 0.3) is 0 Å². The number of anilines is 2. The predicted molar refractivity (Wildman–Crippen MR) is 120 cm³/mol. The van der Waals surface area contributed by atoms with Gasteiger partial charge >= 0.3 is 6.09 Å². The standard InChI is InChI=1S/C22H36N6O3/c1-3-9-23-19-15-20(25-17-24-19)28-10-5-6-18(16-28)7-8-21(29)26-11-13-27(14-12-26)22(30)31-4-2/h15,17-18H,3-14,16H2,1-2H3,(H,23,24,25)/t18-/m1/s1. The lowest BCUT2D eigenvalue weighted by Gasteiger charge is -2.35. The molecule has 1 atom stereocenters. The molecule has 0 radical (unpaired) electrons. The van der Waals surface area contributed by atoms with E-state index in [0.29, 0.717) is 45.1 Å². The summed E-state index contributed by atoms with van der Waals surface area (Å²) in [5, 5.41) is 3.32. The maximum Gasteiger partial charge on any atom is 0.409 e. The SMILES string of the molecule is CCCNc1cc(N2CCC[C@H](CCC(=O)N3CCN(C(=O)OCC)CC3)C2)ncn1. The van der Waals surface area contributed by atoms with Crippen molar-refractivity contribution in [1.29, 1.82) is 0 Å². The Hall–Kier alpha value is -2.58. The maximum atomic E-state index is 12.7. The number of carbonyl (C=O) groups is 2. The van der Waals surface area contributed by atoms with Gasteiger partial charge in [0, 0.05) is 58.3 Å².